The van der Waals surface area contributed by atoms with E-state index in [-0.39, 0.29) is 0 Å². The Balaban J connectivity index is 1.50. The summed E-state index contributed by atoms with van der Waals surface area (Å²) >= 11 is 3.61. The molecule has 1 heterocycles. The van der Waals surface area contributed by atoms with Gasteiger partial charge in [-0.1, -0.05) is 22.0 Å². The quantitative estimate of drug-likeness (QED) is 0.864. The zero-order valence-corrected chi connectivity index (χ0v) is 12.9. The molecule has 1 saturated heterocycles. The van der Waals surface area contributed by atoms with Crippen LogP contribution in [-0.2, 0) is 6.54 Å². The highest BCUT2D eigenvalue weighted by Crippen LogP contribution is 2.30. The van der Waals surface area contributed by atoms with Crippen LogP contribution in [0.5, 0.6) is 0 Å². The molecule has 1 aliphatic carbocycles. The van der Waals surface area contributed by atoms with E-state index < -0.39 is 0 Å². The van der Waals surface area contributed by atoms with Crippen LogP contribution < -0.4 is 5.73 Å². The van der Waals surface area contributed by atoms with E-state index in [0.29, 0.717) is 0 Å². The molecule has 3 nitrogen and oxygen atoms in total. The topological polar surface area (TPSA) is 32.5 Å². The van der Waals surface area contributed by atoms with Gasteiger partial charge in [0, 0.05) is 49.4 Å². The highest BCUT2D eigenvalue weighted by Gasteiger charge is 2.26. The number of benzene rings is 1. The second-order valence-corrected chi connectivity index (χ2v) is 6.73. The van der Waals surface area contributed by atoms with Gasteiger partial charge in [-0.25, -0.2) is 0 Å². The Hall–Kier alpha value is -0.580. The Morgan fingerprint density at radius 1 is 1.11 bits per heavy atom. The molecule has 1 saturated carbocycles. The van der Waals surface area contributed by atoms with Gasteiger partial charge in [-0.2, -0.15) is 0 Å². The Morgan fingerprint density at radius 2 is 1.79 bits per heavy atom. The van der Waals surface area contributed by atoms with Gasteiger partial charge in [0.1, 0.15) is 0 Å². The van der Waals surface area contributed by atoms with Crippen molar-refractivity contribution in [3.63, 3.8) is 0 Å². The molecule has 1 aromatic rings. The second-order valence-electron chi connectivity index (χ2n) is 5.87. The lowest BCUT2D eigenvalue weighted by Crippen LogP contribution is -2.46. The fourth-order valence-corrected chi connectivity index (χ4v) is 3.25. The number of anilines is 1. The van der Waals surface area contributed by atoms with Crippen LogP contribution in [-0.4, -0.2) is 42.5 Å². The van der Waals surface area contributed by atoms with Crippen LogP contribution in [0.1, 0.15) is 18.4 Å². The lowest BCUT2D eigenvalue weighted by atomic mass is 10.2. The summed E-state index contributed by atoms with van der Waals surface area (Å²) in [6.07, 6.45) is 2.91. The van der Waals surface area contributed by atoms with Crippen molar-refractivity contribution in [3.8, 4) is 0 Å². The number of nitrogens with zero attached hydrogens (tertiary/aromatic N) is 2. The van der Waals surface area contributed by atoms with Crippen molar-refractivity contribution in [2.45, 2.75) is 19.4 Å². The van der Waals surface area contributed by atoms with Crippen LogP contribution in [0.2, 0.25) is 0 Å². The molecule has 0 spiro atoms. The molecule has 0 bridgehead atoms. The van der Waals surface area contributed by atoms with Gasteiger partial charge >= 0.3 is 0 Å². The first-order valence-electron chi connectivity index (χ1n) is 7.19. The Labute approximate surface area is 123 Å². The Kier molecular flexibility index (Phi) is 4.10. The molecule has 104 valence electrons. The lowest BCUT2D eigenvalue weighted by molar-refractivity contribution is 0.123. The zero-order valence-electron chi connectivity index (χ0n) is 11.3. The van der Waals surface area contributed by atoms with Gasteiger partial charge in [0.25, 0.3) is 0 Å². The van der Waals surface area contributed by atoms with Gasteiger partial charge in [-0.15, -0.1) is 0 Å². The highest BCUT2D eigenvalue weighted by atomic mass is 79.9. The van der Waals surface area contributed by atoms with E-state index in [0.717, 1.165) is 22.6 Å². The minimum absolute atomic E-state index is 0.824. The molecule has 3 rings (SSSR count). The monoisotopic (exact) mass is 323 g/mol. The van der Waals surface area contributed by atoms with Crippen molar-refractivity contribution >= 4 is 21.6 Å². The molecule has 1 aliphatic heterocycles. The number of nitrogens with two attached hydrogens (primary N) is 1. The molecule has 2 aliphatic rings. The number of hydrogen-bond acceptors (Lipinski definition) is 3. The van der Waals surface area contributed by atoms with Crippen LogP contribution in [0, 0.1) is 5.92 Å². The summed E-state index contributed by atoms with van der Waals surface area (Å²) in [5.74, 6) is 1.01. The molecule has 0 aromatic heterocycles. The highest BCUT2D eigenvalue weighted by molar-refractivity contribution is 9.10. The van der Waals surface area contributed by atoms with E-state index in [9.17, 15) is 0 Å². The first-order valence-corrected chi connectivity index (χ1v) is 7.98. The lowest BCUT2D eigenvalue weighted by Gasteiger charge is -2.35. The van der Waals surface area contributed by atoms with Crippen LogP contribution >= 0.6 is 15.9 Å². The maximum atomic E-state index is 5.78. The van der Waals surface area contributed by atoms with E-state index in [2.05, 4.69) is 31.8 Å². The largest absolute Gasteiger partial charge is 0.399 e. The smallest absolute Gasteiger partial charge is 0.0325 e. The van der Waals surface area contributed by atoms with E-state index in [1.54, 1.807) is 0 Å². The third-order valence-corrected chi connectivity index (χ3v) is 4.89. The Morgan fingerprint density at radius 3 is 2.42 bits per heavy atom. The first-order chi connectivity index (χ1) is 9.20. The van der Waals surface area contributed by atoms with E-state index in [1.165, 1.54) is 51.1 Å². The predicted octanol–water partition coefficient (Wildman–Crippen LogP) is 2.56. The normalized spacial score (nSPS) is 21.7. The molecule has 1 aromatic carbocycles. The summed E-state index contributed by atoms with van der Waals surface area (Å²) < 4.78 is 1.13. The fraction of sp³-hybridized carbons (Fsp3) is 0.600. The van der Waals surface area contributed by atoms with Gasteiger partial charge in [-0.05, 0) is 36.5 Å². The number of piperazine rings is 1. The van der Waals surface area contributed by atoms with Crippen molar-refractivity contribution in [1.82, 2.24) is 9.80 Å². The maximum Gasteiger partial charge on any atom is 0.0325 e. The fourth-order valence-electron chi connectivity index (χ4n) is 2.73. The summed E-state index contributed by atoms with van der Waals surface area (Å²) in [7, 11) is 0. The van der Waals surface area contributed by atoms with Gasteiger partial charge < -0.3 is 10.6 Å². The summed E-state index contributed by atoms with van der Waals surface area (Å²) in [5, 5.41) is 0. The molecule has 0 radical (unpaired) electrons. The minimum atomic E-state index is 0.824. The van der Waals surface area contributed by atoms with Crippen molar-refractivity contribution in [2.75, 3.05) is 38.5 Å². The van der Waals surface area contributed by atoms with Gasteiger partial charge in [0.05, 0.1) is 0 Å². The average Bonchev–Trinajstić information content (AvgIpc) is 3.19. The first kappa shape index (κ1) is 13.4. The number of nitrogen functional groups attached to an aromatic ring is 1. The summed E-state index contributed by atoms with van der Waals surface area (Å²) in [6.45, 7) is 7.18. The standard InChI is InChI=1S/C15H22BrN3/c16-15-9-14(17)4-3-13(15)11-19-7-5-18(6-8-19)10-12-1-2-12/h3-4,9,12H,1-2,5-8,10-11,17H2. The van der Waals surface area contributed by atoms with Crippen LogP contribution in [0.15, 0.2) is 22.7 Å². The van der Waals surface area contributed by atoms with E-state index >= 15 is 0 Å². The van der Waals surface area contributed by atoms with Crippen LogP contribution in [0.4, 0.5) is 5.69 Å². The molecular weight excluding hydrogens is 302 g/mol. The zero-order chi connectivity index (χ0) is 13.2. The van der Waals surface area contributed by atoms with Gasteiger partial charge in [0.15, 0.2) is 0 Å². The number of hydrogen-bond donors (Lipinski definition) is 1. The van der Waals surface area contributed by atoms with Crippen molar-refractivity contribution in [1.29, 1.82) is 0 Å². The predicted molar refractivity (Wildman–Crippen MR) is 83.0 cm³/mol. The molecule has 4 heteroatoms. The average molecular weight is 324 g/mol. The molecule has 0 atom stereocenters. The SMILES string of the molecule is Nc1ccc(CN2CCN(CC3CC3)CC2)c(Br)c1. The van der Waals surface area contributed by atoms with Crippen molar-refractivity contribution in [3.05, 3.63) is 28.2 Å². The molecule has 2 fully saturated rings. The van der Waals surface area contributed by atoms with Crippen LogP contribution in [0.25, 0.3) is 0 Å². The third-order valence-electron chi connectivity index (χ3n) is 4.15. The summed E-state index contributed by atoms with van der Waals surface area (Å²) in [6, 6.07) is 6.12. The molecule has 19 heavy (non-hydrogen) atoms. The van der Waals surface area contributed by atoms with Gasteiger partial charge in [0.2, 0.25) is 0 Å². The van der Waals surface area contributed by atoms with Crippen LogP contribution in [0.3, 0.4) is 0 Å². The molecule has 2 N–H and O–H groups in total. The maximum absolute atomic E-state index is 5.78. The summed E-state index contributed by atoms with van der Waals surface area (Å²) in [5.41, 5.74) is 7.94. The molecule has 0 unspecified atom stereocenters. The molecule has 0 amide bonds. The van der Waals surface area contributed by atoms with E-state index in [1.807, 2.05) is 12.1 Å². The third kappa shape index (κ3) is 3.71. The van der Waals surface area contributed by atoms with Crippen molar-refractivity contribution < 1.29 is 0 Å². The number of rotatable bonds is 4. The van der Waals surface area contributed by atoms with E-state index in [4.69, 9.17) is 5.73 Å². The minimum Gasteiger partial charge on any atom is -0.399 e. The second kappa shape index (κ2) is 5.81. The summed E-state index contributed by atoms with van der Waals surface area (Å²) in [4.78, 5) is 5.17. The Bertz CT molecular complexity index is 437. The molecular formula is C15H22BrN3. The number of halogens is 1. The van der Waals surface area contributed by atoms with Crippen molar-refractivity contribution in [2.24, 2.45) is 5.92 Å². The van der Waals surface area contributed by atoms with Gasteiger partial charge in [-0.3, -0.25) is 4.90 Å².